The van der Waals surface area contributed by atoms with Gasteiger partial charge in [0.2, 0.25) is 0 Å². The van der Waals surface area contributed by atoms with Gasteiger partial charge in [0.25, 0.3) is 0 Å². The second kappa shape index (κ2) is 6.35. The van der Waals surface area contributed by atoms with Crippen molar-refractivity contribution >= 4 is 17.4 Å². The molecular weight excluding hydrogens is 250 g/mol. The smallest absolute Gasteiger partial charge is 0.134 e. The topological polar surface area (TPSA) is 55.6 Å². The van der Waals surface area contributed by atoms with Gasteiger partial charge in [-0.05, 0) is 6.42 Å². The molecule has 0 fully saturated rings. The zero-order valence-electron chi connectivity index (χ0n) is 10.3. The summed E-state index contributed by atoms with van der Waals surface area (Å²) >= 11 is 5.96. The molecule has 2 aromatic heterocycles. The Morgan fingerprint density at radius 1 is 1.39 bits per heavy atom. The molecule has 0 saturated carbocycles. The predicted molar refractivity (Wildman–Crippen MR) is 71.8 cm³/mol. The van der Waals surface area contributed by atoms with Crippen LogP contribution in [-0.2, 0) is 13.0 Å². The van der Waals surface area contributed by atoms with E-state index in [0.29, 0.717) is 5.15 Å². The third-order valence-electron chi connectivity index (χ3n) is 2.45. The van der Waals surface area contributed by atoms with Crippen molar-refractivity contribution < 1.29 is 0 Å². The van der Waals surface area contributed by atoms with E-state index in [1.54, 1.807) is 18.6 Å². The maximum absolute atomic E-state index is 5.96. The van der Waals surface area contributed by atoms with Crippen LogP contribution in [0, 0.1) is 0 Å². The Morgan fingerprint density at radius 2 is 2.28 bits per heavy atom. The molecule has 0 aliphatic rings. The Hall–Kier alpha value is -1.62. The summed E-state index contributed by atoms with van der Waals surface area (Å²) < 4.78 is 2.00. The number of rotatable bonds is 6. The van der Waals surface area contributed by atoms with Crippen LogP contribution in [0.25, 0.3) is 0 Å². The van der Waals surface area contributed by atoms with Crippen molar-refractivity contribution in [2.45, 2.75) is 26.3 Å². The summed E-state index contributed by atoms with van der Waals surface area (Å²) in [5.74, 6) is 1.56. The predicted octanol–water partition coefficient (Wildman–Crippen LogP) is 2.39. The van der Waals surface area contributed by atoms with Gasteiger partial charge in [-0.1, -0.05) is 18.5 Å². The Bertz CT molecular complexity index is 483. The molecule has 0 unspecified atom stereocenters. The minimum absolute atomic E-state index is 0.485. The van der Waals surface area contributed by atoms with Gasteiger partial charge in [0.15, 0.2) is 0 Å². The Labute approximate surface area is 111 Å². The lowest BCUT2D eigenvalue weighted by molar-refractivity contribution is 0.723. The normalized spacial score (nSPS) is 10.6. The molecule has 0 atom stereocenters. The number of imidazole rings is 1. The maximum atomic E-state index is 5.96. The summed E-state index contributed by atoms with van der Waals surface area (Å²) in [6.07, 6.45) is 7.33. The van der Waals surface area contributed by atoms with Crippen LogP contribution in [0.5, 0.6) is 0 Å². The number of hydrogen-bond acceptors (Lipinski definition) is 4. The summed E-state index contributed by atoms with van der Waals surface area (Å²) in [7, 11) is 0. The van der Waals surface area contributed by atoms with Gasteiger partial charge in [-0.25, -0.2) is 15.0 Å². The molecule has 5 nitrogen and oxygen atoms in total. The second-order valence-corrected chi connectivity index (χ2v) is 4.36. The van der Waals surface area contributed by atoms with Crippen LogP contribution in [-0.4, -0.2) is 26.1 Å². The molecule has 0 aliphatic carbocycles. The molecule has 2 heterocycles. The molecular formula is C12H16ClN5. The summed E-state index contributed by atoms with van der Waals surface area (Å²) in [6, 6.07) is 1.74. The fraction of sp³-hybridized carbons (Fsp3) is 0.417. The van der Waals surface area contributed by atoms with Gasteiger partial charge >= 0.3 is 0 Å². The van der Waals surface area contributed by atoms with Crippen molar-refractivity contribution in [3.63, 3.8) is 0 Å². The van der Waals surface area contributed by atoms with E-state index in [9.17, 15) is 0 Å². The number of nitrogens with zero attached hydrogens (tertiary/aromatic N) is 4. The minimum Gasteiger partial charge on any atom is -0.368 e. The molecule has 0 aliphatic heterocycles. The highest BCUT2D eigenvalue weighted by Gasteiger charge is 2.02. The summed E-state index contributed by atoms with van der Waals surface area (Å²) in [6.45, 7) is 3.70. The monoisotopic (exact) mass is 265 g/mol. The quantitative estimate of drug-likeness (QED) is 0.815. The van der Waals surface area contributed by atoms with Crippen LogP contribution in [0.15, 0.2) is 24.8 Å². The molecule has 0 saturated heterocycles. The minimum atomic E-state index is 0.485. The fourth-order valence-corrected chi connectivity index (χ4v) is 1.82. The average Bonchev–Trinajstić information content (AvgIpc) is 2.82. The molecule has 0 spiro atoms. The van der Waals surface area contributed by atoms with Crippen molar-refractivity contribution in [1.29, 1.82) is 0 Å². The number of halogens is 1. The van der Waals surface area contributed by atoms with Gasteiger partial charge in [0, 0.05) is 38.0 Å². The molecule has 6 heteroatoms. The number of aryl methyl sites for hydroxylation is 1. The molecule has 0 radical (unpaired) electrons. The molecule has 2 aromatic rings. The van der Waals surface area contributed by atoms with E-state index in [-0.39, 0.29) is 0 Å². The first kappa shape index (κ1) is 12.8. The lowest BCUT2D eigenvalue weighted by Gasteiger charge is -2.08. The first-order chi connectivity index (χ1) is 8.78. The van der Waals surface area contributed by atoms with E-state index in [1.165, 1.54) is 0 Å². The lowest BCUT2D eigenvalue weighted by Crippen LogP contribution is -2.11. The second-order valence-electron chi connectivity index (χ2n) is 3.97. The fourth-order valence-electron chi connectivity index (χ4n) is 1.62. The zero-order valence-corrected chi connectivity index (χ0v) is 11.1. The Kier molecular flexibility index (Phi) is 4.52. The highest BCUT2D eigenvalue weighted by molar-refractivity contribution is 6.29. The van der Waals surface area contributed by atoms with Gasteiger partial charge in [-0.15, -0.1) is 0 Å². The highest BCUT2D eigenvalue weighted by atomic mass is 35.5. The average molecular weight is 266 g/mol. The van der Waals surface area contributed by atoms with Crippen molar-refractivity contribution in [3.8, 4) is 0 Å². The number of anilines is 1. The maximum Gasteiger partial charge on any atom is 0.134 e. The standard InChI is InChI=1S/C12H16ClN5/c1-2-3-11-16-10(13)8-12(17-11)15-5-7-18-6-4-14-9-18/h4,6,8-9H,2-3,5,7H2,1H3,(H,15,16,17). The van der Waals surface area contributed by atoms with Crippen molar-refractivity contribution in [2.75, 3.05) is 11.9 Å². The zero-order chi connectivity index (χ0) is 12.8. The molecule has 2 rings (SSSR count). The van der Waals surface area contributed by atoms with Crippen LogP contribution >= 0.6 is 11.6 Å². The van der Waals surface area contributed by atoms with E-state index < -0.39 is 0 Å². The molecule has 1 N–H and O–H groups in total. The Morgan fingerprint density at radius 3 is 3.00 bits per heavy atom. The van der Waals surface area contributed by atoms with Crippen molar-refractivity contribution in [2.24, 2.45) is 0 Å². The third kappa shape index (κ3) is 3.70. The molecule has 18 heavy (non-hydrogen) atoms. The van der Waals surface area contributed by atoms with Gasteiger partial charge in [0.1, 0.15) is 16.8 Å². The van der Waals surface area contributed by atoms with E-state index >= 15 is 0 Å². The molecule has 0 aromatic carbocycles. The largest absolute Gasteiger partial charge is 0.368 e. The van der Waals surface area contributed by atoms with Gasteiger partial charge in [0.05, 0.1) is 6.33 Å². The van der Waals surface area contributed by atoms with Crippen molar-refractivity contribution in [1.82, 2.24) is 19.5 Å². The SMILES string of the molecule is CCCc1nc(Cl)cc(NCCn2ccnc2)n1. The lowest BCUT2D eigenvalue weighted by atomic mass is 10.3. The number of nitrogens with one attached hydrogen (secondary N) is 1. The summed E-state index contributed by atoms with van der Waals surface area (Å²) in [5, 5.41) is 3.72. The summed E-state index contributed by atoms with van der Waals surface area (Å²) in [4.78, 5) is 12.6. The van der Waals surface area contributed by atoms with Gasteiger partial charge in [-0.3, -0.25) is 0 Å². The molecule has 0 bridgehead atoms. The van der Waals surface area contributed by atoms with Crippen LogP contribution in [0.2, 0.25) is 5.15 Å². The number of aromatic nitrogens is 4. The summed E-state index contributed by atoms with van der Waals surface area (Å²) in [5.41, 5.74) is 0. The van der Waals surface area contributed by atoms with Crippen LogP contribution in [0.4, 0.5) is 5.82 Å². The van der Waals surface area contributed by atoms with E-state index in [4.69, 9.17) is 11.6 Å². The Balaban J connectivity index is 1.92. The molecule has 0 amide bonds. The van der Waals surface area contributed by atoms with Crippen LogP contribution in [0.1, 0.15) is 19.2 Å². The first-order valence-corrected chi connectivity index (χ1v) is 6.39. The number of hydrogen-bond donors (Lipinski definition) is 1. The third-order valence-corrected chi connectivity index (χ3v) is 2.64. The first-order valence-electron chi connectivity index (χ1n) is 6.01. The van der Waals surface area contributed by atoms with E-state index in [0.717, 1.165) is 37.6 Å². The van der Waals surface area contributed by atoms with Gasteiger partial charge in [-0.2, -0.15) is 0 Å². The van der Waals surface area contributed by atoms with Crippen molar-refractivity contribution in [3.05, 3.63) is 35.8 Å². The van der Waals surface area contributed by atoms with Gasteiger partial charge < -0.3 is 9.88 Å². The van der Waals surface area contributed by atoms with Crippen LogP contribution in [0.3, 0.4) is 0 Å². The molecule has 96 valence electrons. The highest BCUT2D eigenvalue weighted by Crippen LogP contribution is 2.12. The van der Waals surface area contributed by atoms with Crippen LogP contribution < -0.4 is 5.32 Å². The van der Waals surface area contributed by atoms with E-state index in [1.807, 2.05) is 10.8 Å². The van der Waals surface area contributed by atoms with E-state index in [2.05, 4.69) is 27.2 Å².